The average Bonchev–Trinajstić information content (AvgIpc) is 3.32. The third-order valence-corrected chi connectivity index (χ3v) is 4.23. The lowest BCUT2D eigenvalue weighted by molar-refractivity contribution is 0.262. The minimum atomic E-state index is -0.329. The van der Waals surface area contributed by atoms with Crippen LogP contribution in [0.3, 0.4) is 0 Å². The Kier molecular flexibility index (Phi) is 6.03. The summed E-state index contributed by atoms with van der Waals surface area (Å²) in [5.41, 5.74) is 2.16. The van der Waals surface area contributed by atoms with Gasteiger partial charge in [-0.3, -0.25) is 0 Å². The summed E-state index contributed by atoms with van der Waals surface area (Å²) >= 11 is 0. The number of benzene rings is 2. The van der Waals surface area contributed by atoms with E-state index in [1.807, 2.05) is 49.4 Å². The molecule has 0 saturated carbocycles. The Hall–Kier alpha value is -4.40. The van der Waals surface area contributed by atoms with Crippen molar-refractivity contribution in [3.63, 3.8) is 0 Å². The van der Waals surface area contributed by atoms with Crippen molar-refractivity contribution in [2.75, 3.05) is 22.6 Å². The third kappa shape index (κ3) is 5.36. The van der Waals surface area contributed by atoms with E-state index in [1.54, 1.807) is 41.3 Å². The third-order valence-electron chi connectivity index (χ3n) is 4.23. The van der Waals surface area contributed by atoms with Gasteiger partial charge in [-0.2, -0.15) is 5.10 Å². The van der Waals surface area contributed by atoms with Crippen LogP contribution in [-0.2, 0) is 0 Å². The molecule has 2 aromatic heterocycles. The summed E-state index contributed by atoms with van der Waals surface area (Å²) < 4.78 is 7.03. The maximum atomic E-state index is 12.2. The van der Waals surface area contributed by atoms with Gasteiger partial charge in [0.05, 0.1) is 6.61 Å². The van der Waals surface area contributed by atoms with Gasteiger partial charge in [0, 0.05) is 29.5 Å². The average molecular weight is 415 g/mol. The Labute approximate surface area is 179 Å². The van der Waals surface area contributed by atoms with Crippen LogP contribution < -0.4 is 20.7 Å². The number of nitrogens with one attached hydrogen (secondary N) is 3. The van der Waals surface area contributed by atoms with Gasteiger partial charge in [0.1, 0.15) is 5.75 Å². The molecule has 0 saturated heterocycles. The predicted molar refractivity (Wildman–Crippen MR) is 119 cm³/mol. The largest absolute Gasteiger partial charge is 0.494 e. The highest BCUT2D eigenvalue weighted by Gasteiger charge is 2.05. The van der Waals surface area contributed by atoms with Crippen molar-refractivity contribution in [1.29, 1.82) is 0 Å². The summed E-state index contributed by atoms with van der Waals surface area (Å²) in [6.45, 7) is 2.52. The molecule has 2 aromatic carbocycles. The Morgan fingerprint density at radius 2 is 1.58 bits per heavy atom. The molecule has 2 heterocycles. The topological polar surface area (TPSA) is 106 Å². The van der Waals surface area contributed by atoms with Gasteiger partial charge in [-0.25, -0.2) is 9.48 Å². The summed E-state index contributed by atoms with van der Waals surface area (Å²) in [5, 5.41) is 21.2. The Morgan fingerprint density at radius 1 is 0.903 bits per heavy atom. The van der Waals surface area contributed by atoms with Gasteiger partial charge in [-0.15, -0.1) is 10.2 Å². The molecular weight excluding hydrogens is 394 g/mol. The van der Waals surface area contributed by atoms with Crippen LogP contribution in [0.15, 0.2) is 79.1 Å². The molecule has 0 radical (unpaired) electrons. The quantitative estimate of drug-likeness (QED) is 0.412. The molecule has 4 aromatic rings. The molecule has 9 heteroatoms. The smallest absolute Gasteiger partial charge is 0.323 e. The first kappa shape index (κ1) is 19.9. The van der Waals surface area contributed by atoms with E-state index in [2.05, 4.69) is 31.2 Å². The minimum absolute atomic E-state index is 0.329. The minimum Gasteiger partial charge on any atom is -0.494 e. The molecule has 2 amide bonds. The van der Waals surface area contributed by atoms with Gasteiger partial charge in [0.15, 0.2) is 11.6 Å². The summed E-state index contributed by atoms with van der Waals surface area (Å²) in [7, 11) is 0. The highest BCUT2D eigenvalue weighted by molar-refractivity contribution is 5.99. The van der Waals surface area contributed by atoms with E-state index in [0.29, 0.717) is 29.6 Å². The summed E-state index contributed by atoms with van der Waals surface area (Å²) in [5.74, 6) is 2.00. The molecule has 0 unspecified atom stereocenters. The second kappa shape index (κ2) is 9.40. The molecule has 0 bridgehead atoms. The van der Waals surface area contributed by atoms with Crippen molar-refractivity contribution in [1.82, 2.24) is 20.0 Å². The van der Waals surface area contributed by atoms with Crippen molar-refractivity contribution in [3.8, 4) is 11.6 Å². The van der Waals surface area contributed by atoms with E-state index in [-0.39, 0.29) is 6.03 Å². The Bertz CT molecular complexity index is 1110. The number of aromatic nitrogens is 4. The predicted octanol–water partition coefficient (Wildman–Crippen LogP) is 4.45. The van der Waals surface area contributed by atoms with Crippen LogP contribution in [0, 0.1) is 0 Å². The number of hydrogen-bond acceptors (Lipinski definition) is 6. The fourth-order valence-electron chi connectivity index (χ4n) is 2.80. The fraction of sp³-hybridized carbons (Fsp3) is 0.0909. The number of urea groups is 1. The van der Waals surface area contributed by atoms with E-state index in [0.717, 1.165) is 11.4 Å². The van der Waals surface area contributed by atoms with Crippen LogP contribution in [0.1, 0.15) is 6.92 Å². The summed E-state index contributed by atoms with van der Waals surface area (Å²) in [6.07, 6.45) is 3.48. The maximum absolute atomic E-state index is 12.2. The molecule has 31 heavy (non-hydrogen) atoms. The van der Waals surface area contributed by atoms with Gasteiger partial charge >= 0.3 is 6.03 Å². The van der Waals surface area contributed by atoms with Crippen LogP contribution in [0.2, 0.25) is 0 Å². The number of hydrogen-bond donors (Lipinski definition) is 3. The van der Waals surface area contributed by atoms with E-state index >= 15 is 0 Å². The van der Waals surface area contributed by atoms with Gasteiger partial charge in [-0.1, -0.05) is 0 Å². The lowest BCUT2D eigenvalue weighted by Crippen LogP contribution is -2.19. The molecule has 0 atom stereocenters. The van der Waals surface area contributed by atoms with Crippen LogP contribution in [0.5, 0.6) is 5.75 Å². The lowest BCUT2D eigenvalue weighted by Gasteiger charge is -2.10. The van der Waals surface area contributed by atoms with Crippen LogP contribution in [0.25, 0.3) is 5.82 Å². The Balaban J connectivity index is 1.31. The fourth-order valence-corrected chi connectivity index (χ4v) is 2.80. The zero-order valence-electron chi connectivity index (χ0n) is 16.8. The molecule has 0 aliphatic carbocycles. The standard InChI is InChI=1S/C22H21N7O2/c1-2-31-19-10-8-18(9-11-19)26-22(30)25-17-6-4-16(5-7-17)24-20-12-13-21(28-27-20)29-15-3-14-23-29/h3-15H,2H2,1H3,(H,24,27)(H2,25,26,30). The first-order valence-corrected chi connectivity index (χ1v) is 9.71. The number of anilines is 4. The van der Waals surface area contributed by atoms with E-state index in [1.165, 1.54) is 0 Å². The van der Waals surface area contributed by atoms with Crippen LogP contribution >= 0.6 is 0 Å². The van der Waals surface area contributed by atoms with Crippen molar-refractivity contribution in [3.05, 3.63) is 79.1 Å². The van der Waals surface area contributed by atoms with Crippen molar-refractivity contribution in [2.45, 2.75) is 6.92 Å². The molecular formula is C22H21N7O2. The molecule has 156 valence electrons. The zero-order valence-corrected chi connectivity index (χ0v) is 16.8. The first-order chi connectivity index (χ1) is 15.2. The van der Waals surface area contributed by atoms with Crippen molar-refractivity contribution >= 4 is 28.9 Å². The molecule has 3 N–H and O–H groups in total. The normalized spacial score (nSPS) is 10.4. The van der Waals surface area contributed by atoms with E-state index in [9.17, 15) is 4.79 Å². The van der Waals surface area contributed by atoms with Gasteiger partial charge in [0.25, 0.3) is 0 Å². The monoisotopic (exact) mass is 415 g/mol. The molecule has 0 fully saturated rings. The number of carbonyl (C=O) groups excluding carboxylic acids is 1. The SMILES string of the molecule is CCOc1ccc(NC(=O)Nc2ccc(Nc3ccc(-n4cccn4)nn3)cc2)cc1. The first-order valence-electron chi connectivity index (χ1n) is 9.71. The van der Waals surface area contributed by atoms with E-state index in [4.69, 9.17) is 4.74 Å². The molecule has 0 aliphatic rings. The number of carbonyl (C=O) groups is 1. The highest BCUT2D eigenvalue weighted by atomic mass is 16.5. The van der Waals surface area contributed by atoms with Gasteiger partial charge in [-0.05, 0) is 73.7 Å². The van der Waals surface area contributed by atoms with Gasteiger partial charge in [0.2, 0.25) is 0 Å². The molecule has 9 nitrogen and oxygen atoms in total. The number of amides is 2. The summed E-state index contributed by atoms with van der Waals surface area (Å²) in [4.78, 5) is 12.2. The van der Waals surface area contributed by atoms with Crippen LogP contribution in [0.4, 0.5) is 27.7 Å². The Morgan fingerprint density at radius 3 is 2.16 bits per heavy atom. The highest BCUT2D eigenvalue weighted by Crippen LogP contribution is 2.19. The molecule has 0 spiro atoms. The number of rotatable bonds is 7. The lowest BCUT2D eigenvalue weighted by atomic mass is 10.2. The van der Waals surface area contributed by atoms with E-state index < -0.39 is 0 Å². The second-order valence-electron chi connectivity index (χ2n) is 6.47. The maximum Gasteiger partial charge on any atom is 0.323 e. The molecule has 0 aliphatic heterocycles. The number of ether oxygens (including phenoxy) is 1. The number of nitrogens with zero attached hydrogens (tertiary/aromatic N) is 4. The van der Waals surface area contributed by atoms with Crippen molar-refractivity contribution < 1.29 is 9.53 Å². The van der Waals surface area contributed by atoms with Gasteiger partial charge < -0.3 is 20.7 Å². The summed E-state index contributed by atoms with van der Waals surface area (Å²) in [6, 6.07) is 19.6. The zero-order chi connectivity index (χ0) is 21.5. The molecule has 4 rings (SSSR count). The second-order valence-corrected chi connectivity index (χ2v) is 6.47. The van der Waals surface area contributed by atoms with Crippen LogP contribution in [-0.4, -0.2) is 32.6 Å². The van der Waals surface area contributed by atoms with Crippen molar-refractivity contribution in [2.24, 2.45) is 0 Å².